The molecule has 0 unspecified atom stereocenters. The maximum absolute atomic E-state index is 11.3. The number of nitrogens with one attached hydrogen (secondary N) is 1. The Hall–Kier alpha value is -0.795. The summed E-state index contributed by atoms with van der Waals surface area (Å²) in [6.07, 6.45) is 6.76. The third kappa shape index (κ3) is 13.1. The molecule has 1 N–H and O–H groups in total. The van der Waals surface area contributed by atoms with Gasteiger partial charge in [-0.3, -0.25) is 4.79 Å². The summed E-state index contributed by atoms with van der Waals surface area (Å²) in [5, 5.41) is 2.85. The van der Waals surface area contributed by atoms with E-state index in [-0.39, 0.29) is 11.6 Å². The lowest BCUT2D eigenvalue weighted by Crippen LogP contribution is -2.24. The van der Waals surface area contributed by atoms with E-state index >= 15 is 0 Å². The first-order valence-corrected chi connectivity index (χ1v) is 6.78. The molecule has 0 aliphatic rings. The summed E-state index contributed by atoms with van der Waals surface area (Å²) in [6, 6.07) is 0. The molecule has 98 valence electrons. The average Bonchev–Trinajstić information content (AvgIpc) is 2.24. The van der Waals surface area contributed by atoms with Gasteiger partial charge in [-0.25, -0.2) is 0 Å². The van der Waals surface area contributed by atoms with Crippen LogP contribution < -0.4 is 5.32 Å². The van der Waals surface area contributed by atoms with Crippen molar-refractivity contribution in [3.8, 4) is 0 Å². The van der Waals surface area contributed by atoms with E-state index in [1.807, 2.05) is 0 Å². The molecule has 0 atom stereocenters. The van der Waals surface area contributed by atoms with Crippen molar-refractivity contribution in [3.05, 3.63) is 0 Å². The first kappa shape index (κ1) is 16.2. The molecule has 0 aromatic carbocycles. The lowest BCUT2D eigenvalue weighted by molar-refractivity contribution is -0.123. The van der Waals surface area contributed by atoms with E-state index in [0.29, 0.717) is 12.8 Å². The average molecular weight is 239 g/mol. The number of rotatable bonds is 10. The minimum atomic E-state index is 0.00220. The minimum Gasteiger partial charge on any atom is -0.356 e. The molecule has 0 saturated heterocycles. The van der Waals surface area contributed by atoms with Gasteiger partial charge in [0, 0.05) is 19.4 Å². The van der Waals surface area contributed by atoms with Crippen molar-refractivity contribution < 1.29 is 9.59 Å². The summed E-state index contributed by atoms with van der Waals surface area (Å²) in [6.45, 7) is 5.24. The Morgan fingerprint density at radius 1 is 1.06 bits per heavy atom. The van der Waals surface area contributed by atoms with Gasteiger partial charge in [0.2, 0.25) is 5.91 Å². The highest BCUT2D eigenvalue weighted by Gasteiger charge is 2.02. The number of unbranched alkanes of at least 4 members (excludes halogenated alkanes) is 3. The zero-order valence-corrected chi connectivity index (χ0v) is 11.6. The van der Waals surface area contributed by atoms with E-state index in [2.05, 4.69) is 19.2 Å². The van der Waals surface area contributed by atoms with Crippen LogP contribution in [0.15, 0.2) is 0 Å². The third-order valence-electron chi connectivity index (χ3n) is 2.73. The monoisotopic (exact) mass is 239 g/mol. The van der Waals surface area contributed by atoms with Crippen LogP contribution in [0.5, 0.6) is 0 Å². The molecule has 0 spiro atoms. The lowest BCUT2D eigenvalue weighted by Gasteiger charge is -2.05. The minimum absolute atomic E-state index is 0.00220. The second kappa shape index (κ2) is 10.4. The predicted octanol–water partition coefficient (Wildman–Crippen LogP) is 1.65. The van der Waals surface area contributed by atoms with Crippen LogP contribution in [0, 0.1) is 5.92 Å². The number of carbonyl (C=O) groups excluding carboxylic acids is 2. The summed E-state index contributed by atoms with van der Waals surface area (Å²) < 4.78 is 0. The second-order valence-corrected chi connectivity index (χ2v) is 5.15. The van der Waals surface area contributed by atoms with Crippen LogP contribution in [-0.2, 0) is 9.59 Å². The maximum Gasteiger partial charge on any atom is 0.220 e. The summed E-state index contributed by atoms with van der Waals surface area (Å²) >= 11 is 0. The zero-order valence-electron chi connectivity index (χ0n) is 11.6. The maximum atomic E-state index is 11.3. The van der Waals surface area contributed by atoms with E-state index in [1.54, 1.807) is 0 Å². The molecule has 0 rings (SSSR count). The van der Waals surface area contributed by atoms with Gasteiger partial charge >= 0.3 is 0 Å². The number of hydrogen-bond donors (Lipinski definition) is 1. The number of amides is 1. The smallest absolute Gasteiger partial charge is 0.220 e. The topological polar surface area (TPSA) is 46.2 Å². The molecule has 0 aromatic rings. The van der Waals surface area contributed by atoms with Crippen molar-refractivity contribution in [2.24, 2.45) is 5.92 Å². The van der Waals surface area contributed by atoms with Crippen molar-refractivity contribution in [2.45, 2.75) is 58.8 Å². The van der Waals surface area contributed by atoms with Crippen LogP contribution in [0.1, 0.15) is 58.8 Å². The number of hydrogen-bond acceptors (Lipinski definition) is 2. The summed E-state index contributed by atoms with van der Waals surface area (Å²) in [5.41, 5.74) is 0.0776. The van der Waals surface area contributed by atoms with Gasteiger partial charge < -0.3 is 10.1 Å². The fourth-order valence-electron chi connectivity index (χ4n) is 1.64. The van der Waals surface area contributed by atoms with Crippen LogP contribution in [-0.4, -0.2) is 26.0 Å². The van der Waals surface area contributed by atoms with Crippen LogP contribution in [0.4, 0.5) is 0 Å². The highest BCUT2D eigenvalue weighted by Crippen LogP contribution is 2.08. The van der Waals surface area contributed by atoms with Crippen molar-refractivity contribution >= 4 is 19.4 Å². The Kier molecular flexibility index (Phi) is 9.88. The van der Waals surface area contributed by atoms with Gasteiger partial charge in [-0.05, 0) is 12.3 Å². The molecule has 3 nitrogen and oxygen atoms in total. The Labute approximate surface area is 106 Å². The molecule has 0 aliphatic carbocycles. The molecule has 0 aromatic heterocycles. The van der Waals surface area contributed by atoms with Gasteiger partial charge in [0.1, 0.15) is 0 Å². The molecular weight excluding hydrogens is 213 g/mol. The van der Waals surface area contributed by atoms with Crippen LogP contribution >= 0.6 is 0 Å². The Balaban J connectivity index is 3.22. The zero-order chi connectivity index (χ0) is 13.1. The van der Waals surface area contributed by atoms with Crippen LogP contribution in [0.25, 0.3) is 0 Å². The first-order valence-electron chi connectivity index (χ1n) is 6.78. The van der Waals surface area contributed by atoms with E-state index in [9.17, 15) is 9.59 Å². The normalized spacial score (nSPS) is 10.5. The number of carbonyl (C=O) groups is 2. The van der Waals surface area contributed by atoms with Gasteiger partial charge in [0.05, 0.1) is 5.68 Å². The van der Waals surface area contributed by atoms with Gasteiger partial charge in [0.15, 0.2) is 7.85 Å². The molecule has 17 heavy (non-hydrogen) atoms. The molecule has 0 aliphatic heterocycles. The first-order chi connectivity index (χ1) is 8.02. The lowest BCUT2D eigenvalue weighted by atomic mass is 9.98. The second-order valence-electron chi connectivity index (χ2n) is 5.15. The largest absolute Gasteiger partial charge is 0.356 e. The van der Waals surface area contributed by atoms with Crippen molar-refractivity contribution in [2.75, 3.05) is 6.54 Å². The van der Waals surface area contributed by atoms with E-state index in [4.69, 9.17) is 0 Å². The van der Waals surface area contributed by atoms with E-state index in [1.165, 1.54) is 33.5 Å². The molecular formula is C13H26BNO2. The molecule has 0 radical (unpaired) electrons. The van der Waals surface area contributed by atoms with Gasteiger partial charge in [-0.2, -0.15) is 0 Å². The molecule has 4 heteroatoms. The quantitative estimate of drug-likeness (QED) is 0.465. The molecule has 0 bridgehead atoms. The fourth-order valence-corrected chi connectivity index (χ4v) is 1.64. The molecule has 0 fully saturated rings. The Morgan fingerprint density at radius 2 is 1.71 bits per heavy atom. The predicted molar refractivity (Wildman–Crippen MR) is 73.7 cm³/mol. The van der Waals surface area contributed by atoms with Gasteiger partial charge in [-0.15, -0.1) is 0 Å². The fraction of sp³-hybridized carbons (Fsp3) is 0.846. The summed E-state index contributed by atoms with van der Waals surface area (Å²) in [4.78, 5) is 21.9. The standard InChI is InChI=1S/C13H26BNO2/c1-11(2)7-5-3-4-6-10-15-13(17)9-8-12(14)16/h11H,3-10,14H2,1-2H3,(H,15,17). The third-order valence-corrected chi connectivity index (χ3v) is 2.73. The van der Waals surface area contributed by atoms with Crippen LogP contribution in [0.2, 0.25) is 0 Å². The Bertz CT molecular complexity index is 229. The molecule has 0 saturated carbocycles. The molecule has 1 amide bonds. The summed E-state index contributed by atoms with van der Waals surface area (Å²) in [5.74, 6) is 0.795. The van der Waals surface area contributed by atoms with E-state index < -0.39 is 0 Å². The van der Waals surface area contributed by atoms with Crippen molar-refractivity contribution in [3.63, 3.8) is 0 Å². The van der Waals surface area contributed by atoms with E-state index in [0.717, 1.165) is 18.9 Å². The highest BCUT2D eigenvalue weighted by atomic mass is 16.1. The molecule has 0 heterocycles. The van der Waals surface area contributed by atoms with Crippen LogP contribution in [0.3, 0.4) is 0 Å². The Morgan fingerprint density at radius 3 is 2.29 bits per heavy atom. The summed E-state index contributed by atoms with van der Waals surface area (Å²) in [7, 11) is 1.52. The van der Waals surface area contributed by atoms with Gasteiger partial charge in [-0.1, -0.05) is 39.5 Å². The SMILES string of the molecule is BC(=O)CCC(=O)NCCCCCCC(C)C. The van der Waals surface area contributed by atoms with Gasteiger partial charge in [0.25, 0.3) is 0 Å². The highest BCUT2D eigenvalue weighted by molar-refractivity contribution is 6.57. The van der Waals surface area contributed by atoms with Crippen molar-refractivity contribution in [1.82, 2.24) is 5.32 Å². The van der Waals surface area contributed by atoms with Crippen molar-refractivity contribution in [1.29, 1.82) is 0 Å².